The third-order valence-corrected chi connectivity index (χ3v) is 4.52. The molecule has 0 spiro atoms. The van der Waals surface area contributed by atoms with Gasteiger partial charge < -0.3 is 0 Å². The molecule has 3 rings (SSSR count). The average Bonchev–Trinajstić information content (AvgIpc) is 2.88. The lowest BCUT2D eigenvalue weighted by atomic mass is 9.87. The molecule has 0 saturated heterocycles. The third kappa shape index (κ3) is 3.75. The lowest BCUT2D eigenvalue weighted by molar-refractivity contribution is 0.408. The van der Waals surface area contributed by atoms with E-state index in [1.54, 1.807) is 5.57 Å². The second-order valence-electron chi connectivity index (χ2n) is 8.04. The highest BCUT2D eigenvalue weighted by molar-refractivity contribution is 5.80. The minimum absolute atomic E-state index is 0.357. The Labute approximate surface area is 141 Å². The number of aryl methyl sites for hydroxylation is 1. The van der Waals surface area contributed by atoms with Crippen LogP contribution in [0.25, 0.3) is 17.2 Å². The average molecular weight is 304 g/mol. The highest BCUT2D eigenvalue weighted by Crippen LogP contribution is 2.38. The van der Waals surface area contributed by atoms with Crippen molar-refractivity contribution >= 4 is 6.08 Å². The van der Waals surface area contributed by atoms with Gasteiger partial charge in [-0.25, -0.2) is 0 Å². The van der Waals surface area contributed by atoms with Crippen LogP contribution < -0.4 is 0 Å². The first-order valence-corrected chi connectivity index (χ1v) is 8.87. The Bertz CT molecular complexity index is 709. The van der Waals surface area contributed by atoms with Crippen LogP contribution >= 0.6 is 0 Å². The Morgan fingerprint density at radius 1 is 0.957 bits per heavy atom. The van der Waals surface area contributed by atoms with E-state index in [9.17, 15) is 0 Å². The van der Waals surface area contributed by atoms with Gasteiger partial charge in [-0.2, -0.15) is 0 Å². The first kappa shape index (κ1) is 16.1. The van der Waals surface area contributed by atoms with Crippen molar-refractivity contribution in [3.8, 4) is 11.1 Å². The number of allylic oxidation sites excluding steroid dienone is 1. The normalized spacial score (nSPS) is 13.8. The quantitative estimate of drug-likeness (QED) is 0.591. The van der Waals surface area contributed by atoms with Crippen LogP contribution in [0.1, 0.15) is 57.2 Å². The van der Waals surface area contributed by atoms with Crippen molar-refractivity contribution in [2.45, 2.75) is 53.4 Å². The summed E-state index contributed by atoms with van der Waals surface area (Å²) in [5.74, 6) is 0. The molecular formula is C23H28. The SMILES string of the molecule is CCCc1ccc(-c2cccc3c2C=C(CC(C)(C)C)C3)cc1. The third-order valence-electron chi connectivity index (χ3n) is 4.52. The van der Waals surface area contributed by atoms with Gasteiger partial charge >= 0.3 is 0 Å². The summed E-state index contributed by atoms with van der Waals surface area (Å²) < 4.78 is 0. The molecule has 23 heavy (non-hydrogen) atoms. The van der Waals surface area contributed by atoms with E-state index in [0.29, 0.717) is 5.41 Å². The van der Waals surface area contributed by atoms with Crippen LogP contribution in [-0.4, -0.2) is 0 Å². The summed E-state index contributed by atoms with van der Waals surface area (Å²) in [5, 5.41) is 0. The molecule has 2 aromatic rings. The van der Waals surface area contributed by atoms with Gasteiger partial charge in [0.05, 0.1) is 0 Å². The van der Waals surface area contributed by atoms with Gasteiger partial charge in [0.2, 0.25) is 0 Å². The summed E-state index contributed by atoms with van der Waals surface area (Å²) in [6, 6.07) is 15.9. The van der Waals surface area contributed by atoms with E-state index in [1.807, 2.05) is 0 Å². The zero-order valence-corrected chi connectivity index (χ0v) is 14.9. The molecule has 0 saturated carbocycles. The molecule has 1 aliphatic rings. The number of fused-ring (bicyclic) bond motifs is 1. The molecule has 2 aromatic carbocycles. The number of hydrogen-bond acceptors (Lipinski definition) is 0. The number of benzene rings is 2. The van der Waals surface area contributed by atoms with Crippen LogP contribution in [0.5, 0.6) is 0 Å². The fraction of sp³-hybridized carbons (Fsp3) is 0.391. The zero-order valence-electron chi connectivity index (χ0n) is 14.9. The van der Waals surface area contributed by atoms with E-state index in [1.165, 1.54) is 47.1 Å². The van der Waals surface area contributed by atoms with Crippen molar-refractivity contribution in [1.82, 2.24) is 0 Å². The lowest BCUT2D eigenvalue weighted by Crippen LogP contribution is -2.06. The Hall–Kier alpha value is -1.82. The maximum absolute atomic E-state index is 2.44. The molecule has 0 heteroatoms. The van der Waals surface area contributed by atoms with Crippen molar-refractivity contribution < 1.29 is 0 Å². The van der Waals surface area contributed by atoms with Gasteiger partial charge in [-0.1, -0.05) is 88.2 Å². The minimum atomic E-state index is 0.357. The van der Waals surface area contributed by atoms with Crippen molar-refractivity contribution in [3.05, 3.63) is 64.7 Å². The second kappa shape index (κ2) is 6.35. The predicted molar refractivity (Wildman–Crippen MR) is 102 cm³/mol. The number of rotatable bonds is 4. The molecule has 0 nitrogen and oxygen atoms in total. The summed E-state index contributed by atoms with van der Waals surface area (Å²) in [6.07, 6.45) is 7.11. The Kier molecular flexibility index (Phi) is 4.43. The molecule has 1 aliphatic carbocycles. The van der Waals surface area contributed by atoms with Gasteiger partial charge in [0.1, 0.15) is 0 Å². The standard InChI is InChI=1S/C23H28/c1-5-7-17-10-12-19(13-11-17)21-9-6-8-20-14-18(15-22(20)21)16-23(2,3)4/h6,8-13,15H,5,7,14,16H2,1-4H3. The number of hydrogen-bond donors (Lipinski definition) is 0. The van der Waals surface area contributed by atoms with Gasteiger partial charge in [-0.05, 0) is 52.5 Å². The van der Waals surface area contributed by atoms with E-state index in [0.717, 1.165) is 6.42 Å². The molecule has 0 unspecified atom stereocenters. The van der Waals surface area contributed by atoms with E-state index in [2.05, 4.69) is 76.2 Å². The first-order chi connectivity index (χ1) is 11.0. The highest BCUT2D eigenvalue weighted by atomic mass is 14.2. The molecule has 0 aromatic heterocycles. The van der Waals surface area contributed by atoms with Gasteiger partial charge in [0.25, 0.3) is 0 Å². The van der Waals surface area contributed by atoms with Gasteiger partial charge in [0, 0.05) is 0 Å². The van der Waals surface area contributed by atoms with Crippen molar-refractivity contribution in [3.63, 3.8) is 0 Å². The van der Waals surface area contributed by atoms with Crippen molar-refractivity contribution in [2.75, 3.05) is 0 Å². The Morgan fingerprint density at radius 3 is 2.35 bits per heavy atom. The van der Waals surface area contributed by atoms with Crippen LogP contribution in [0.4, 0.5) is 0 Å². The molecule has 120 valence electrons. The van der Waals surface area contributed by atoms with Crippen LogP contribution in [0.15, 0.2) is 48.0 Å². The smallest absolute Gasteiger partial charge is 0.00574 e. The Morgan fingerprint density at radius 2 is 1.70 bits per heavy atom. The first-order valence-electron chi connectivity index (χ1n) is 8.87. The monoisotopic (exact) mass is 304 g/mol. The summed E-state index contributed by atoms with van der Waals surface area (Å²) in [6.45, 7) is 9.21. The Balaban J connectivity index is 1.92. The summed E-state index contributed by atoms with van der Waals surface area (Å²) in [7, 11) is 0. The molecule has 0 N–H and O–H groups in total. The second-order valence-corrected chi connectivity index (χ2v) is 8.04. The van der Waals surface area contributed by atoms with Gasteiger partial charge in [-0.15, -0.1) is 0 Å². The predicted octanol–water partition coefficient (Wildman–Crippen LogP) is 6.68. The molecule has 0 amide bonds. The van der Waals surface area contributed by atoms with Crippen LogP contribution in [0.2, 0.25) is 0 Å². The molecule has 0 atom stereocenters. The zero-order chi connectivity index (χ0) is 16.4. The van der Waals surface area contributed by atoms with E-state index < -0.39 is 0 Å². The lowest BCUT2D eigenvalue weighted by Gasteiger charge is -2.18. The fourth-order valence-corrected chi connectivity index (χ4v) is 3.62. The summed E-state index contributed by atoms with van der Waals surface area (Å²) in [5.41, 5.74) is 9.02. The fourth-order valence-electron chi connectivity index (χ4n) is 3.62. The topological polar surface area (TPSA) is 0 Å². The summed E-state index contributed by atoms with van der Waals surface area (Å²) in [4.78, 5) is 0. The maximum Gasteiger partial charge on any atom is -0.00574 e. The van der Waals surface area contributed by atoms with E-state index in [4.69, 9.17) is 0 Å². The molecule has 0 fully saturated rings. The summed E-state index contributed by atoms with van der Waals surface area (Å²) >= 11 is 0. The molecule has 0 heterocycles. The molecular weight excluding hydrogens is 276 g/mol. The van der Waals surface area contributed by atoms with E-state index >= 15 is 0 Å². The van der Waals surface area contributed by atoms with Crippen LogP contribution in [0.3, 0.4) is 0 Å². The minimum Gasteiger partial charge on any atom is -0.0651 e. The molecule has 0 aliphatic heterocycles. The molecule has 0 radical (unpaired) electrons. The van der Waals surface area contributed by atoms with Crippen LogP contribution in [0, 0.1) is 5.41 Å². The van der Waals surface area contributed by atoms with Crippen molar-refractivity contribution in [2.24, 2.45) is 5.41 Å². The van der Waals surface area contributed by atoms with Gasteiger partial charge in [0.15, 0.2) is 0 Å². The highest BCUT2D eigenvalue weighted by Gasteiger charge is 2.20. The molecule has 0 bridgehead atoms. The largest absolute Gasteiger partial charge is 0.0651 e. The van der Waals surface area contributed by atoms with E-state index in [-0.39, 0.29) is 0 Å². The van der Waals surface area contributed by atoms with Crippen LogP contribution in [-0.2, 0) is 12.8 Å². The van der Waals surface area contributed by atoms with Gasteiger partial charge in [-0.3, -0.25) is 0 Å². The van der Waals surface area contributed by atoms with Crippen molar-refractivity contribution in [1.29, 1.82) is 0 Å². The maximum atomic E-state index is 2.44.